The lowest BCUT2D eigenvalue weighted by molar-refractivity contribution is -0.204. The summed E-state index contributed by atoms with van der Waals surface area (Å²) in [6.45, 7) is 8.27. The topological polar surface area (TPSA) is 30.5 Å². The Bertz CT molecular complexity index is 230. The van der Waals surface area contributed by atoms with E-state index in [0.717, 1.165) is 32.2 Å². The maximum absolute atomic E-state index is 6.34. The molecule has 2 rings (SSSR count). The van der Waals surface area contributed by atoms with Crippen molar-refractivity contribution in [2.75, 3.05) is 26.3 Å². The lowest BCUT2D eigenvalue weighted by atomic mass is 9.78. The summed E-state index contributed by atoms with van der Waals surface area (Å²) in [6.07, 6.45) is 6.63. The molecule has 1 saturated carbocycles. The molecule has 0 radical (unpaired) electrons. The molecule has 3 heteroatoms. The Balaban J connectivity index is 1.88. The normalized spacial score (nSPS) is 34.6. The molecule has 1 heterocycles. The van der Waals surface area contributed by atoms with Crippen LogP contribution in [0.4, 0.5) is 0 Å². The Morgan fingerprint density at radius 1 is 1.41 bits per heavy atom. The summed E-state index contributed by atoms with van der Waals surface area (Å²) < 4.78 is 11.6. The summed E-state index contributed by atoms with van der Waals surface area (Å²) >= 11 is 0. The van der Waals surface area contributed by atoms with E-state index in [-0.39, 0.29) is 5.60 Å². The molecule has 1 N–H and O–H groups in total. The molecule has 0 aromatic carbocycles. The monoisotopic (exact) mass is 241 g/mol. The Hall–Kier alpha value is -0.120. The summed E-state index contributed by atoms with van der Waals surface area (Å²) in [4.78, 5) is 0. The molecular weight excluding hydrogens is 214 g/mol. The van der Waals surface area contributed by atoms with Gasteiger partial charge < -0.3 is 14.8 Å². The van der Waals surface area contributed by atoms with E-state index in [1.165, 1.54) is 32.1 Å². The van der Waals surface area contributed by atoms with Gasteiger partial charge in [-0.15, -0.1) is 0 Å². The van der Waals surface area contributed by atoms with Crippen molar-refractivity contribution in [3.05, 3.63) is 0 Å². The predicted molar refractivity (Wildman–Crippen MR) is 69.2 cm³/mol. The van der Waals surface area contributed by atoms with Gasteiger partial charge in [0.1, 0.15) is 6.10 Å². The minimum Gasteiger partial charge on any atom is -0.376 e. The molecule has 0 aromatic rings. The zero-order valence-electron chi connectivity index (χ0n) is 11.3. The lowest BCUT2D eigenvalue weighted by Gasteiger charge is -2.44. The average molecular weight is 241 g/mol. The smallest absolute Gasteiger partial charge is 0.105 e. The maximum Gasteiger partial charge on any atom is 0.105 e. The third-order valence-corrected chi connectivity index (χ3v) is 3.95. The highest BCUT2D eigenvalue weighted by Crippen LogP contribution is 2.36. The van der Waals surface area contributed by atoms with Gasteiger partial charge in [0, 0.05) is 6.54 Å². The van der Waals surface area contributed by atoms with E-state index in [0.29, 0.717) is 6.10 Å². The Morgan fingerprint density at radius 3 is 2.82 bits per heavy atom. The number of nitrogens with one attached hydrogen (secondary N) is 1. The lowest BCUT2D eigenvalue weighted by Crippen LogP contribution is -2.52. The SMILES string of the molecule is CCCNCC1(OC2COC2)CCCC(C)C1. The molecule has 3 nitrogen and oxygen atoms in total. The van der Waals surface area contributed by atoms with Crippen molar-refractivity contribution in [3.63, 3.8) is 0 Å². The Morgan fingerprint density at radius 2 is 2.24 bits per heavy atom. The van der Waals surface area contributed by atoms with Gasteiger partial charge in [-0.05, 0) is 31.7 Å². The van der Waals surface area contributed by atoms with Gasteiger partial charge in [0.15, 0.2) is 0 Å². The van der Waals surface area contributed by atoms with E-state index in [1.807, 2.05) is 0 Å². The molecule has 1 aliphatic heterocycles. The van der Waals surface area contributed by atoms with Crippen LogP contribution in [0.2, 0.25) is 0 Å². The molecule has 0 bridgehead atoms. The van der Waals surface area contributed by atoms with E-state index in [4.69, 9.17) is 9.47 Å². The fraction of sp³-hybridized carbons (Fsp3) is 1.00. The summed E-state index contributed by atoms with van der Waals surface area (Å²) in [5, 5.41) is 3.55. The van der Waals surface area contributed by atoms with Gasteiger partial charge in [-0.2, -0.15) is 0 Å². The molecule has 1 saturated heterocycles. The molecule has 2 atom stereocenters. The maximum atomic E-state index is 6.34. The van der Waals surface area contributed by atoms with Crippen LogP contribution in [-0.2, 0) is 9.47 Å². The van der Waals surface area contributed by atoms with Crippen molar-refractivity contribution in [2.24, 2.45) is 5.92 Å². The molecule has 2 unspecified atom stereocenters. The standard InChI is InChI=1S/C14H27NO2/c1-3-7-15-11-14(17-13-9-16-10-13)6-4-5-12(2)8-14/h12-13,15H,3-11H2,1-2H3. The Kier molecular flexibility index (Phi) is 4.83. The molecule has 2 aliphatic rings. The summed E-state index contributed by atoms with van der Waals surface area (Å²) in [7, 11) is 0. The largest absolute Gasteiger partial charge is 0.376 e. The highest BCUT2D eigenvalue weighted by Gasteiger charge is 2.39. The van der Waals surface area contributed by atoms with Gasteiger partial charge in [0.2, 0.25) is 0 Å². The highest BCUT2D eigenvalue weighted by atomic mass is 16.6. The van der Waals surface area contributed by atoms with Crippen molar-refractivity contribution >= 4 is 0 Å². The van der Waals surface area contributed by atoms with Crippen molar-refractivity contribution in [1.29, 1.82) is 0 Å². The molecule has 2 fully saturated rings. The number of ether oxygens (including phenoxy) is 2. The molecular formula is C14H27NO2. The first kappa shape index (κ1) is 13.3. The van der Waals surface area contributed by atoms with Crippen LogP contribution in [0, 0.1) is 5.92 Å². The van der Waals surface area contributed by atoms with Gasteiger partial charge in [0.25, 0.3) is 0 Å². The third kappa shape index (κ3) is 3.67. The first-order valence-electron chi connectivity index (χ1n) is 7.20. The minimum atomic E-state index is 0.0846. The van der Waals surface area contributed by atoms with Crippen LogP contribution >= 0.6 is 0 Å². The summed E-state index contributed by atoms with van der Waals surface area (Å²) in [5.74, 6) is 0.799. The van der Waals surface area contributed by atoms with Crippen molar-refractivity contribution in [3.8, 4) is 0 Å². The Labute approximate surface area is 105 Å². The number of hydrogen-bond donors (Lipinski definition) is 1. The van der Waals surface area contributed by atoms with E-state index in [1.54, 1.807) is 0 Å². The van der Waals surface area contributed by atoms with Crippen LogP contribution in [0.25, 0.3) is 0 Å². The molecule has 100 valence electrons. The number of hydrogen-bond acceptors (Lipinski definition) is 3. The fourth-order valence-electron chi connectivity index (χ4n) is 3.05. The third-order valence-electron chi connectivity index (χ3n) is 3.95. The second-order valence-corrected chi connectivity index (χ2v) is 5.84. The first-order valence-corrected chi connectivity index (χ1v) is 7.20. The predicted octanol–water partition coefficient (Wildman–Crippen LogP) is 2.35. The second-order valence-electron chi connectivity index (χ2n) is 5.84. The van der Waals surface area contributed by atoms with Crippen LogP contribution in [0.1, 0.15) is 46.0 Å². The molecule has 0 spiro atoms. The van der Waals surface area contributed by atoms with Gasteiger partial charge >= 0.3 is 0 Å². The van der Waals surface area contributed by atoms with Crippen LogP contribution in [0.15, 0.2) is 0 Å². The van der Waals surface area contributed by atoms with Crippen LogP contribution < -0.4 is 5.32 Å². The van der Waals surface area contributed by atoms with Gasteiger partial charge in [-0.3, -0.25) is 0 Å². The van der Waals surface area contributed by atoms with Crippen molar-refractivity contribution < 1.29 is 9.47 Å². The molecule has 1 aliphatic carbocycles. The first-order chi connectivity index (χ1) is 8.24. The zero-order chi connectivity index (χ0) is 12.1. The van der Waals surface area contributed by atoms with Gasteiger partial charge in [-0.1, -0.05) is 26.7 Å². The number of rotatable bonds is 6. The van der Waals surface area contributed by atoms with Crippen LogP contribution in [-0.4, -0.2) is 38.0 Å². The van der Waals surface area contributed by atoms with Crippen LogP contribution in [0.3, 0.4) is 0 Å². The quantitative estimate of drug-likeness (QED) is 0.724. The summed E-state index contributed by atoms with van der Waals surface area (Å²) in [5.41, 5.74) is 0.0846. The van der Waals surface area contributed by atoms with E-state index >= 15 is 0 Å². The highest BCUT2D eigenvalue weighted by molar-refractivity contribution is 4.91. The molecule has 17 heavy (non-hydrogen) atoms. The second kappa shape index (κ2) is 6.17. The average Bonchev–Trinajstić information content (AvgIpc) is 2.24. The zero-order valence-corrected chi connectivity index (χ0v) is 11.3. The summed E-state index contributed by atoms with van der Waals surface area (Å²) in [6, 6.07) is 0. The van der Waals surface area contributed by atoms with E-state index in [9.17, 15) is 0 Å². The van der Waals surface area contributed by atoms with Gasteiger partial charge in [0.05, 0.1) is 18.8 Å². The van der Waals surface area contributed by atoms with E-state index in [2.05, 4.69) is 19.2 Å². The van der Waals surface area contributed by atoms with Gasteiger partial charge in [-0.25, -0.2) is 0 Å². The fourth-order valence-corrected chi connectivity index (χ4v) is 3.05. The van der Waals surface area contributed by atoms with E-state index < -0.39 is 0 Å². The van der Waals surface area contributed by atoms with Crippen molar-refractivity contribution in [1.82, 2.24) is 5.32 Å². The van der Waals surface area contributed by atoms with Crippen LogP contribution in [0.5, 0.6) is 0 Å². The molecule has 0 aromatic heterocycles. The van der Waals surface area contributed by atoms with Crippen molar-refractivity contribution in [2.45, 2.75) is 57.7 Å². The minimum absolute atomic E-state index is 0.0846. The molecule has 0 amide bonds.